The Morgan fingerprint density at radius 3 is 2.71 bits per heavy atom. The van der Waals surface area contributed by atoms with Gasteiger partial charge in [-0.1, -0.05) is 12.1 Å². The lowest BCUT2D eigenvalue weighted by Gasteiger charge is -2.08. The van der Waals surface area contributed by atoms with Gasteiger partial charge in [0.1, 0.15) is 12.5 Å². The van der Waals surface area contributed by atoms with E-state index in [0.717, 1.165) is 6.07 Å². The third kappa shape index (κ3) is 1.96. The summed E-state index contributed by atoms with van der Waals surface area (Å²) in [6, 6.07) is 3.11. The van der Waals surface area contributed by atoms with Gasteiger partial charge in [0.05, 0.1) is 6.04 Å². The first-order valence-corrected chi connectivity index (χ1v) is 4.21. The van der Waals surface area contributed by atoms with Crippen LogP contribution in [0.25, 0.3) is 0 Å². The molecule has 0 fully saturated rings. The molecule has 1 aromatic carbocycles. The van der Waals surface area contributed by atoms with E-state index >= 15 is 0 Å². The van der Waals surface area contributed by atoms with Crippen LogP contribution in [0.3, 0.4) is 0 Å². The van der Waals surface area contributed by atoms with E-state index in [2.05, 4.69) is 0 Å². The zero-order valence-corrected chi connectivity index (χ0v) is 7.76. The van der Waals surface area contributed by atoms with Crippen LogP contribution in [0.5, 0.6) is 0 Å². The topological polar surface area (TPSA) is 43.1 Å². The number of nitrogens with two attached hydrogens (primary N) is 1. The number of benzene rings is 1. The molecule has 0 aliphatic rings. The maximum Gasteiger partial charge on any atom is 0.179 e. The summed E-state index contributed by atoms with van der Waals surface area (Å²) in [5, 5.41) is 0. The van der Waals surface area contributed by atoms with Gasteiger partial charge < -0.3 is 5.73 Å². The summed E-state index contributed by atoms with van der Waals surface area (Å²) in [6.45, 7) is 0.482. The van der Waals surface area contributed by atoms with Crippen molar-refractivity contribution in [3.63, 3.8) is 0 Å². The average Bonchev–Trinajstić information content (AvgIpc) is 2.16. The normalized spacial score (nSPS) is 12.6. The standard InChI is InChI=1S/C10H11F2NO/c1-6(13)10(14)7-3-2-4-9(12)8(7)5-11/h2-4,6H,5,13H2,1H3. The molecule has 4 heteroatoms. The minimum Gasteiger partial charge on any atom is -0.321 e. The van der Waals surface area contributed by atoms with Crippen molar-refractivity contribution in [2.45, 2.75) is 19.6 Å². The van der Waals surface area contributed by atoms with Crippen LogP contribution in [0.2, 0.25) is 0 Å². The second-order valence-electron chi connectivity index (χ2n) is 3.05. The fraction of sp³-hybridized carbons (Fsp3) is 0.300. The summed E-state index contributed by atoms with van der Waals surface area (Å²) >= 11 is 0. The van der Waals surface area contributed by atoms with Crippen molar-refractivity contribution in [1.82, 2.24) is 0 Å². The minimum absolute atomic E-state index is 0.0301. The zero-order chi connectivity index (χ0) is 10.7. The molecule has 1 aromatic rings. The molecular formula is C10H11F2NO. The first kappa shape index (κ1) is 10.8. The van der Waals surface area contributed by atoms with Crippen molar-refractivity contribution in [2.24, 2.45) is 5.73 Å². The number of carbonyl (C=O) groups excluding carboxylic acids is 1. The average molecular weight is 199 g/mol. The lowest BCUT2D eigenvalue weighted by atomic mass is 10.0. The van der Waals surface area contributed by atoms with E-state index < -0.39 is 24.3 Å². The number of rotatable bonds is 3. The van der Waals surface area contributed by atoms with Gasteiger partial charge in [-0.2, -0.15) is 0 Å². The van der Waals surface area contributed by atoms with Crippen molar-refractivity contribution in [3.8, 4) is 0 Å². The van der Waals surface area contributed by atoms with Gasteiger partial charge in [-0.05, 0) is 13.0 Å². The largest absolute Gasteiger partial charge is 0.321 e. The molecular weight excluding hydrogens is 188 g/mol. The first-order chi connectivity index (χ1) is 6.57. The molecule has 0 saturated heterocycles. The highest BCUT2D eigenvalue weighted by atomic mass is 19.1. The van der Waals surface area contributed by atoms with Crippen LogP contribution in [0, 0.1) is 5.82 Å². The predicted molar refractivity (Wildman–Crippen MR) is 49.2 cm³/mol. The van der Waals surface area contributed by atoms with Crippen LogP contribution < -0.4 is 5.73 Å². The third-order valence-corrected chi connectivity index (χ3v) is 1.93. The van der Waals surface area contributed by atoms with Crippen LogP contribution in [0.1, 0.15) is 22.8 Å². The molecule has 0 aliphatic carbocycles. The van der Waals surface area contributed by atoms with E-state index in [1.54, 1.807) is 0 Å². The molecule has 0 heterocycles. The lowest BCUT2D eigenvalue weighted by molar-refractivity contribution is 0.0965. The van der Waals surface area contributed by atoms with E-state index in [-0.39, 0.29) is 11.1 Å². The second-order valence-corrected chi connectivity index (χ2v) is 3.05. The Morgan fingerprint density at radius 1 is 1.57 bits per heavy atom. The maximum atomic E-state index is 13.0. The Bertz CT molecular complexity index is 350. The van der Waals surface area contributed by atoms with E-state index in [1.807, 2.05) is 0 Å². The highest BCUT2D eigenvalue weighted by Crippen LogP contribution is 2.16. The number of Topliss-reactive ketones (excluding diaryl/α,β-unsaturated/α-hetero) is 1. The molecule has 0 saturated carbocycles. The number of ketones is 1. The van der Waals surface area contributed by atoms with Crippen molar-refractivity contribution < 1.29 is 13.6 Å². The van der Waals surface area contributed by atoms with Gasteiger partial charge >= 0.3 is 0 Å². The quantitative estimate of drug-likeness (QED) is 0.754. The van der Waals surface area contributed by atoms with E-state index in [1.165, 1.54) is 19.1 Å². The maximum absolute atomic E-state index is 13.0. The van der Waals surface area contributed by atoms with Gasteiger partial charge in [-0.15, -0.1) is 0 Å². The van der Waals surface area contributed by atoms with Crippen LogP contribution in [-0.2, 0) is 6.67 Å². The number of alkyl halides is 1. The monoisotopic (exact) mass is 199 g/mol. The number of hydrogen-bond acceptors (Lipinski definition) is 2. The van der Waals surface area contributed by atoms with Crippen LogP contribution >= 0.6 is 0 Å². The first-order valence-electron chi connectivity index (χ1n) is 4.21. The van der Waals surface area contributed by atoms with Gasteiger partial charge in [0.15, 0.2) is 5.78 Å². The molecule has 1 unspecified atom stereocenters. The Kier molecular flexibility index (Phi) is 3.30. The van der Waals surface area contributed by atoms with E-state index in [9.17, 15) is 13.6 Å². The number of carbonyl (C=O) groups is 1. The van der Waals surface area contributed by atoms with Crippen LogP contribution in [-0.4, -0.2) is 11.8 Å². The summed E-state index contributed by atoms with van der Waals surface area (Å²) < 4.78 is 25.5. The molecule has 0 bridgehead atoms. The highest BCUT2D eigenvalue weighted by Gasteiger charge is 2.17. The van der Waals surface area contributed by atoms with Gasteiger partial charge in [0.25, 0.3) is 0 Å². The fourth-order valence-electron chi connectivity index (χ4n) is 1.17. The Labute approximate surface area is 80.7 Å². The van der Waals surface area contributed by atoms with Crippen molar-refractivity contribution in [2.75, 3.05) is 0 Å². The smallest absolute Gasteiger partial charge is 0.179 e. The molecule has 14 heavy (non-hydrogen) atoms. The summed E-state index contributed by atoms with van der Waals surface area (Å²) in [6.07, 6.45) is 0. The summed E-state index contributed by atoms with van der Waals surface area (Å²) in [5.74, 6) is -1.16. The Balaban J connectivity index is 3.20. The SMILES string of the molecule is CC(N)C(=O)c1cccc(F)c1CF. The molecule has 0 spiro atoms. The molecule has 0 amide bonds. The minimum atomic E-state index is -1.000. The lowest BCUT2D eigenvalue weighted by Crippen LogP contribution is -2.27. The number of halogens is 2. The van der Waals surface area contributed by atoms with Gasteiger partial charge in [0, 0.05) is 11.1 Å². The predicted octanol–water partition coefficient (Wildman–Crippen LogP) is 1.83. The Morgan fingerprint density at radius 2 is 2.21 bits per heavy atom. The molecule has 0 aromatic heterocycles. The summed E-state index contributed by atoms with van der Waals surface area (Å²) in [7, 11) is 0. The Hall–Kier alpha value is -1.29. The van der Waals surface area contributed by atoms with E-state index in [4.69, 9.17) is 5.73 Å². The van der Waals surface area contributed by atoms with Gasteiger partial charge in [0.2, 0.25) is 0 Å². The third-order valence-electron chi connectivity index (χ3n) is 1.93. The van der Waals surface area contributed by atoms with Gasteiger partial charge in [-0.3, -0.25) is 4.79 Å². The van der Waals surface area contributed by atoms with Crippen LogP contribution in [0.4, 0.5) is 8.78 Å². The van der Waals surface area contributed by atoms with Crippen molar-refractivity contribution in [1.29, 1.82) is 0 Å². The molecule has 2 nitrogen and oxygen atoms in total. The second kappa shape index (κ2) is 4.28. The summed E-state index contributed by atoms with van der Waals surface area (Å²) in [5.41, 5.74) is 5.16. The van der Waals surface area contributed by atoms with E-state index in [0.29, 0.717) is 0 Å². The molecule has 1 rings (SSSR count). The number of hydrogen-bond donors (Lipinski definition) is 1. The van der Waals surface area contributed by atoms with Crippen LogP contribution in [0.15, 0.2) is 18.2 Å². The van der Waals surface area contributed by atoms with Gasteiger partial charge in [-0.25, -0.2) is 8.78 Å². The molecule has 2 N–H and O–H groups in total. The molecule has 0 aliphatic heterocycles. The molecule has 1 atom stereocenters. The van der Waals surface area contributed by atoms with Crippen molar-refractivity contribution >= 4 is 5.78 Å². The zero-order valence-electron chi connectivity index (χ0n) is 7.76. The summed E-state index contributed by atoms with van der Waals surface area (Å²) in [4.78, 5) is 11.4. The van der Waals surface area contributed by atoms with Crippen molar-refractivity contribution in [3.05, 3.63) is 35.1 Å². The fourth-order valence-corrected chi connectivity index (χ4v) is 1.17. The molecule has 0 radical (unpaired) electrons. The highest BCUT2D eigenvalue weighted by molar-refractivity contribution is 6.00. The molecule has 76 valence electrons.